The van der Waals surface area contributed by atoms with Crippen LogP contribution < -0.4 is 4.90 Å². The van der Waals surface area contributed by atoms with Gasteiger partial charge in [-0.1, -0.05) is 13.8 Å². The molecule has 0 bridgehead atoms. The van der Waals surface area contributed by atoms with Crippen molar-refractivity contribution in [3.05, 3.63) is 28.8 Å². The Kier molecular flexibility index (Phi) is 4.50. The van der Waals surface area contributed by atoms with Gasteiger partial charge in [-0.2, -0.15) is 0 Å². The van der Waals surface area contributed by atoms with Crippen LogP contribution in [0.25, 0.3) is 0 Å². The molecule has 0 N–H and O–H groups in total. The molecule has 0 saturated heterocycles. The normalized spacial score (nSPS) is 15.0. The molecule has 1 aliphatic heterocycles. The van der Waals surface area contributed by atoms with Crippen LogP contribution in [-0.4, -0.2) is 45.5 Å². The molecule has 3 heterocycles. The number of aromatic nitrogens is 3. The first-order valence-electron chi connectivity index (χ1n) is 7.90. The largest absolute Gasteiger partial charge is 0.335 e. The Bertz CT molecular complexity index is 692. The molecule has 1 amide bonds. The minimum atomic E-state index is 0.0726. The number of hydrogen-bond acceptors (Lipinski definition) is 5. The lowest BCUT2D eigenvalue weighted by atomic mass is 10.1. The topological polar surface area (TPSA) is 54.3 Å². The Morgan fingerprint density at radius 3 is 2.91 bits per heavy atom. The summed E-state index contributed by atoms with van der Waals surface area (Å²) < 4.78 is 2.22. The van der Waals surface area contributed by atoms with Gasteiger partial charge in [-0.05, 0) is 0 Å². The van der Waals surface area contributed by atoms with Gasteiger partial charge in [0.1, 0.15) is 5.82 Å². The molecule has 1 aliphatic rings. The van der Waals surface area contributed by atoms with E-state index in [0.717, 1.165) is 36.2 Å². The SMILES string of the molecule is CC(C)c1nc2c(n1C)CCN(CC(=O)N(C)c1nccs1)C2. The van der Waals surface area contributed by atoms with Crippen molar-refractivity contribution in [3.8, 4) is 0 Å². The predicted octanol–water partition coefficient (Wildman–Crippen LogP) is 2.02. The Labute approximate surface area is 140 Å². The molecule has 0 radical (unpaired) electrons. The summed E-state index contributed by atoms with van der Waals surface area (Å²) in [6.07, 6.45) is 2.66. The van der Waals surface area contributed by atoms with Gasteiger partial charge in [0.25, 0.3) is 0 Å². The van der Waals surface area contributed by atoms with Crippen molar-refractivity contribution in [1.82, 2.24) is 19.4 Å². The molecule has 0 atom stereocenters. The van der Waals surface area contributed by atoms with Gasteiger partial charge in [0, 0.05) is 56.8 Å². The number of thiazole rings is 1. The summed E-state index contributed by atoms with van der Waals surface area (Å²) in [7, 11) is 3.88. The van der Waals surface area contributed by atoms with E-state index in [9.17, 15) is 4.79 Å². The highest BCUT2D eigenvalue weighted by atomic mass is 32.1. The summed E-state index contributed by atoms with van der Waals surface area (Å²) in [4.78, 5) is 25.2. The lowest BCUT2D eigenvalue weighted by Gasteiger charge is -2.27. The lowest BCUT2D eigenvalue weighted by Crippen LogP contribution is -2.41. The third-order valence-corrected chi connectivity index (χ3v) is 5.17. The minimum Gasteiger partial charge on any atom is -0.335 e. The van der Waals surface area contributed by atoms with Crippen LogP contribution >= 0.6 is 11.3 Å². The van der Waals surface area contributed by atoms with Crippen LogP contribution in [0.4, 0.5) is 5.13 Å². The zero-order chi connectivity index (χ0) is 16.6. The van der Waals surface area contributed by atoms with Crippen LogP contribution in [-0.2, 0) is 24.8 Å². The minimum absolute atomic E-state index is 0.0726. The van der Waals surface area contributed by atoms with E-state index in [2.05, 4.69) is 35.3 Å². The standard InChI is InChI=1S/C16H23N5OS/c1-11(2)15-18-12-9-21(7-5-13(12)19(15)3)10-14(22)20(4)16-17-6-8-23-16/h6,8,11H,5,7,9-10H2,1-4H3. The molecule has 124 valence electrons. The summed E-state index contributed by atoms with van der Waals surface area (Å²) >= 11 is 1.48. The molecular formula is C16H23N5OS. The molecule has 7 heteroatoms. The Morgan fingerprint density at radius 2 is 2.26 bits per heavy atom. The van der Waals surface area contributed by atoms with Gasteiger partial charge in [-0.15, -0.1) is 11.3 Å². The number of hydrogen-bond donors (Lipinski definition) is 0. The van der Waals surface area contributed by atoms with E-state index in [0.29, 0.717) is 12.5 Å². The highest BCUT2D eigenvalue weighted by Gasteiger charge is 2.26. The van der Waals surface area contributed by atoms with Crippen molar-refractivity contribution in [2.24, 2.45) is 7.05 Å². The van der Waals surface area contributed by atoms with Crippen molar-refractivity contribution in [3.63, 3.8) is 0 Å². The van der Waals surface area contributed by atoms with Crippen molar-refractivity contribution in [1.29, 1.82) is 0 Å². The van der Waals surface area contributed by atoms with Gasteiger partial charge in [0.2, 0.25) is 5.91 Å². The first-order chi connectivity index (χ1) is 11.0. The molecule has 3 rings (SSSR count). The first-order valence-corrected chi connectivity index (χ1v) is 8.78. The summed E-state index contributed by atoms with van der Waals surface area (Å²) in [6.45, 7) is 6.37. The zero-order valence-corrected chi connectivity index (χ0v) is 14.9. The fraction of sp³-hybridized carbons (Fsp3) is 0.562. The first kappa shape index (κ1) is 16.1. The lowest BCUT2D eigenvalue weighted by molar-refractivity contribution is -0.119. The number of amides is 1. The average Bonchev–Trinajstić information content (AvgIpc) is 3.15. The second-order valence-corrected chi connectivity index (χ2v) is 7.18. The van der Waals surface area contributed by atoms with E-state index in [4.69, 9.17) is 4.98 Å². The number of rotatable bonds is 4. The van der Waals surface area contributed by atoms with Crippen LogP contribution in [0.5, 0.6) is 0 Å². The molecule has 0 spiro atoms. The average molecular weight is 333 g/mol. The van der Waals surface area contributed by atoms with E-state index in [1.54, 1.807) is 18.1 Å². The molecular weight excluding hydrogens is 310 g/mol. The number of anilines is 1. The maximum absolute atomic E-state index is 12.4. The second kappa shape index (κ2) is 6.41. The summed E-state index contributed by atoms with van der Waals surface area (Å²) in [5.74, 6) is 1.61. The number of carbonyl (C=O) groups excluding carboxylic acids is 1. The van der Waals surface area contributed by atoms with E-state index in [1.165, 1.54) is 17.0 Å². The fourth-order valence-corrected chi connectivity index (χ4v) is 3.67. The second-order valence-electron chi connectivity index (χ2n) is 6.31. The monoisotopic (exact) mass is 333 g/mol. The number of imidazole rings is 1. The van der Waals surface area contributed by atoms with E-state index < -0.39 is 0 Å². The molecule has 0 aromatic carbocycles. The quantitative estimate of drug-likeness (QED) is 0.859. The smallest absolute Gasteiger partial charge is 0.242 e. The number of nitrogens with zero attached hydrogens (tertiary/aromatic N) is 5. The highest BCUT2D eigenvalue weighted by Crippen LogP contribution is 2.23. The van der Waals surface area contributed by atoms with Crippen molar-refractivity contribution in [2.45, 2.75) is 32.7 Å². The number of fused-ring (bicyclic) bond motifs is 1. The van der Waals surface area contributed by atoms with Crippen LogP contribution in [0.2, 0.25) is 0 Å². The predicted molar refractivity (Wildman–Crippen MR) is 91.8 cm³/mol. The van der Waals surface area contributed by atoms with Crippen molar-refractivity contribution in [2.75, 3.05) is 25.0 Å². The van der Waals surface area contributed by atoms with Gasteiger partial charge >= 0.3 is 0 Å². The third kappa shape index (κ3) is 3.16. The number of likely N-dealkylation sites (N-methyl/N-ethyl adjacent to an activating group) is 1. The highest BCUT2D eigenvalue weighted by molar-refractivity contribution is 7.13. The van der Waals surface area contributed by atoms with Gasteiger partial charge in [0.15, 0.2) is 5.13 Å². The summed E-state index contributed by atoms with van der Waals surface area (Å²) in [6, 6.07) is 0. The molecule has 2 aromatic heterocycles. The van der Waals surface area contributed by atoms with Gasteiger partial charge in [0.05, 0.1) is 12.2 Å². The Morgan fingerprint density at radius 1 is 1.48 bits per heavy atom. The summed E-state index contributed by atoms with van der Waals surface area (Å²) in [5.41, 5.74) is 2.43. The van der Waals surface area contributed by atoms with Crippen LogP contribution in [0.15, 0.2) is 11.6 Å². The molecule has 0 saturated carbocycles. The van der Waals surface area contributed by atoms with Crippen LogP contribution in [0, 0.1) is 0 Å². The van der Waals surface area contributed by atoms with E-state index in [1.807, 2.05) is 5.38 Å². The molecule has 0 unspecified atom stereocenters. The number of carbonyl (C=O) groups is 1. The molecule has 2 aromatic rings. The fourth-order valence-electron chi connectivity index (χ4n) is 3.04. The van der Waals surface area contributed by atoms with E-state index >= 15 is 0 Å². The molecule has 0 fully saturated rings. The maximum Gasteiger partial charge on any atom is 0.242 e. The van der Waals surface area contributed by atoms with Crippen LogP contribution in [0.1, 0.15) is 37.0 Å². The van der Waals surface area contributed by atoms with Crippen LogP contribution in [0.3, 0.4) is 0 Å². The van der Waals surface area contributed by atoms with Gasteiger partial charge in [-0.25, -0.2) is 9.97 Å². The molecule has 6 nitrogen and oxygen atoms in total. The van der Waals surface area contributed by atoms with Crippen molar-refractivity contribution >= 4 is 22.4 Å². The Balaban J connectivity index is 1.68. The third-order valence-electron chi connectivity index (χ3n) is 4.32. The zero-order valence-electron chi connectivity index (χ0n) is 14.1. The van der Waals surface area contributed by atoms with Gasteiger partial charge < -0.3 is 4.57 Å². The molecule has 23 heavy (non-hydrogen) atoms. The molecule has 0 aliphatic carbocycles. The summed E-state index contributed by atoms with van der Waals surface area (Å²) in [5, 5.41) is 2.63. The van der Waals surface area contributed by atoms with Crippen molar-refractivity contribution < 1.29 is 4.79 Å². The Hall–Kier alpha value is -1.73. The maximum atomic E-state index is 12.4. The van der Waals surface area contributed by atoms with E-state index in [-0.39, 0.29) is 5.91 Å². The van der Waals surface area contributed by atoms with Gasteiger partial charge in [-0.3, -0.25) is 14.6 Å².